The lowest BCUT2D eigenvalue weighted by atomic mass is 10.2. The van der Waals surface area contributed by atoms with E-state index < -0.39 is 28.9 Å². The number of methoxy groups -OCH3 is 2. The number of rotatable bonds is 8. The summed E-state index contributed by atoms with van der Waals surface area (Å²) in [5.41, 5.74) is 0.381. The fraction of sp³-hybridized carbons (Fsp3) is 0.278. The van der Waals surface area contributed by atoms with E-state index in [9.17, 15) is 19.3 Å². The highest BCUT2D eigenvalue weighted by Crippen LogP contribution is 2.29. The molecule has 2 aromatic carbocycles. The third-order valence-corrected chi connectivity index (χ3v) is 3.76. The number of ether oxygens (including phenoxy) is 3. The Morgan fingerprint density at radius 2 is 1.81 bits per heavy atom. The number of carbonyl (C=O) groups excluding carboxylic acids is 1. The largest absolute Gasteiger partial charge is 0.493 e. The van der Waals surface area contributed by atoms with Gasteiger partial charge in [-0.25, -0.2) is 4.39 Å². The normalized spacial score (nSPS) is 10.2. The molecule has 0 N–H and O–H groups in total. The maximum atomic E-state index is 13.3. The van der Waals surface area contributed by atoms with E-state index in [0.29, 0.717) is 11.5 Å². The fourth-order valence-corrected chi connectivity index (χ4v) is 2.35. The van der Waals surface area contributed by atoms with Crippen molar-refractivity contribution in [3.8, 4) is 17.2 Å². The molecule has 0 fully saturated rings. The minimum absolute atomic E-state index is 0.258. The van der Waals surface area contributed by atoms with Crippen molar-refractivity contribution in [2.45, 2.75) is 6.54 Å². The summed E-state index contributed by atoms with van der Waals surface area (Å²) in [6, 6.07) is 8.06. The van der Waals surface area contributed by atoms with Gasteiger partial charge in [0.2, 0.25) is 5.75 Å². The highest BCUT2D eigenvalue weighted by atomic mass is 19.1. The summed E-state index contributed by atoms with van der Waals surface area (Å²) >= 11 is 0. The molecule has 0 heterocycles. The van der Waals surface area contributed by atoms with E-state index in [1.165, 1.54) is 19.1 Å². The smallest absolute Gasteiger partial charge is 0.311 e. The first kappa shape index (κ1) is 20.0. The molecule has 0 aliphatic rings. The van der Waals surface area contributed by atoms with Gasteiger partial charge in [-0.2, -0.15) is 0 Å². The van der Waals surface area contributed by atoms with Crippen molar-refractivity contribution >= 4 is 11.6 Å². The van der Waals surface area contributed by atoms with Crippen molar-refractivity contribution in [3.63, 3.8) is 0 Å². The van der Waals surface area contributed by atoms with Gasteiger partial charge in [-0.3, -0.25) is 14.9 Å². The Hall–Kier alpha value is -3.36. The van der Waals surface area contributed by atoms with Gasteiger partial charge in [0.15, 0.2) is 18.1 Å². The predicted octanol–water partition coefficient (Wildman–Crippen LogP) is 2.79. The Bertz CT molecular complexity index is 843. The van der Waals surface area contributed by atoms with Gasteiger partial charge < -0.3 is 19.1 Å². The van der Waals surface area contributed by atoms with E-state index in [-0.39, 0.29) is 12.3 Å². The predicted molar refractivity (Wildman–Crippen MR) is 94.6 cm³/mol. The number of hydrogen-bond donors (Lipinski definition) is 0. The molecule has 0 aliphatic heterocycles. The summed E-state index contributed by atoms with van der Waals surface area (Å²) in [5.74, 6) is -0.322. The average Bonchev–Trinajstić information content (AvgIpc) is 2.65. The van der Waals surface area contributed by atoms with Gasteiger partial charge in [-0.15, -0.1) is 0 Å². The molecule has 0 spiro atoms. The molecule has 144 valence electrons. The SMILES string of the molecule is COc1ccc(CN(C)C(=O)COc2cc(F)ccc2[N+](=O)[O-])cc1OC. The van der Waals surface area contributed by atoms with Crippen LogP contribution >= 0.6 is 0 Å². The molecule has 1 amide bonds. The van der Waals surface area contributed by atoms with Crippen LogP contribution in [0.15, 0.2) is 36.4 Å². The van der Waals surface area contributed by atoms with Gasteiger partial charge in [0, 0.05) is 25.7 Å². The molecule has 0 aromatic heterocycles. The van der Waals surface area contributed by atoms with Crippen molar-refractivity contribution in [1.82, 2.24) is 4.90 Å². The van der Waals surface area contributed by atoms with Crippen LogP contribution in [0.4, 0.5) is 10.1 Å². The van der Waals surface area contributed by atoms with Crippen molar-refractivity contribution in [2.75, 3.05) is 27.9 Å². The van der Waals surface area contributed by atoms with Crippen molar-refractivity contribution in [1.29, 1.82) is 0 Å². The highest BCUT2D eigenvalue weighted by molar-refractivity contribution is 5.77. The van der Waals surface area contributed by atoms with Gasteiger partial charge in [0.1, 0.15) is 5.82 Å². The third kappa shape index (κ3) is 5.06. The lowest BCUT2D eigenvalue weighted by Gasteiger charge is -2.18. The summed E-state index contributed by atoms with van der Waals surface area (Å²) in [6.07, 6.45) is 0. The van der Waals surface area contributed by atoms with E-state index in [0.717, 1.165) is 23.8 Å². The zero-order valence-electron chi connectivity index (χ0n) is 15.1. The molecule has 0 aliphatic carbocycles. The molecule has 27 heavy (non-hydrogen) atoms. The lowest BCUT2D eigenvalue weighted by molar-refractivity contribution is -0.385. The first-order chi connectivity index (χ1) is 12.8. The van der Waals surface area contributed by atoms with E-state index >= 15 is 0 Å². The Kier molecular flexibility index (Phi) is 6.53. The summed E-state index contributed by atoms with van der Waals surface area (Å²) in [4.78, 5) is 23.9. The number of amides is 1. The second-order valence-corrected chi connectivity index (χ2v) is 5.60. The van der Waals surface area contributed by atoms with E-state index in [1.54, 1.807) is 25.2 Å². The van der Waals surface area contributed by atoms with Crippen LogP contribution in [0.2, 0.25) is 0 Å². The third-order valence-electron chi connectivity index (χ3n) is 3.76. The molecule has 0 radical (unpaired) electrons. The number of likely N-dealkylation sites (N-methyl/N-ethyl adjacent to an activating group) is 1. The van der Waals surface area contributed by atoms with Crippen LogP contribution < -0.4 is 14.2 Å². The van der Waals surface area contributed by atoms with E-state index in [2.05, 4.69) is 0 Å². The maximum Gasteiger partial charge on any atom is 0.311 e. The summed E-state index contributed by atoms with van der Waals surface area (Å²) < 4.78 is 28.8. The molecule has 0 saturated carbocycles. The quantitative estimate of drug-likeness (QED) is 0.518. The maximum absolute atomic E-state index is 13.3. The van der Waals surface area contributed by atoms with Crippen LogP contribution in [0.5, 0.6) is 17.2 Å². The summed E-state index contributed by atoms with van der Waals surface area (Å²) in [6.45, 7) is -0.206. The van der Waals surface area contributed by atoms with Gasteiger partial charge in [0.25, 0.3) is 5.91 Å². The Balaban J connectivity index is 2.02. The Morgan fingerprint density at radius 1 is 1.11 bits per heavy atom. The minimum atomic E-state index is -0.702. The first-order valence-corrected chi connectivity index (χ1v) is 7.87. The van der Waals surface area contributed by atoms with Crippen LogP contribution in [0, 0.1) is 15.9 Å². The molecule has 0 unspecified atom stereocenters. The molecule has 0 atom stereocenters. The van der Waals surface area contributed by atoms with Crippen LogP contribution in [0.3, 0.4) is 0 Å². The van der Waals surface area contributed by atoms with Crippen molar-refractivity contribution in [2.24, 2.45) is 0 Å². The first-order valence-electron chi connectivity index (χ1n) is 7.87. The second-order valence-electron chi connectivity index (χ2n) is 5.60. The fourth-order valence-electron chi connectivity index (χ4n) is 2.35. The van der Waals surface area contributed by atoms with Crippen LogP contribution in [-0.2, 0) is 11.3 Å². The standard InChI is InChI=1S/C18H19FN2O6/c1-20(10-12-4-7-15(25-2)17(8-12)26-3)18(22)11-27-16-9-13(19)5-6-14(16)21(23)24/h4-9H,10-11H2,1-3H3. The van der Waals surface area contributed by atoms with Crippen LogP contribution in [0.25, 0.3) is 0 Å². The molecule has 9 heteroatoms. The highest BCUT2D eigenvalue weighted by Gasteiger charge is 2.18. The van der Waals surface area contributed by atoms with Crippen molar-refractivity contribution < 1.29 is 28.3 Å². The Morgan fingerprint density at radius 3 is 2.44 bits per heavy atom. The molecular weight excluding hydrogens is 359 g/mol. The minimum Gasteiger partial charge on any atom is -0.493 e. The van der Waals surface area contributed by atoms with E-state index in [1.807, 2.05) is 0 Å². The number of benzene rings is 2. The zero-order valence-corrected chi connectivity index (χ0v) is 15.1. The van der Waals surface area contributed by atoms with Gasteiger partial charge in [-0.1, -0.05) is 6.07 Å². The lowest BCUT2D eigenvalue weighted by Crippen LogP contribution is -2.31. The molecule has 8 nitrogen and oxygen atoms in total. The monoisotopic (exact) mass is 378 g/mol. The second kappa shape index (κ2) is 8.84. The van der Waals surface area contributed by atoms with Gasteiger partial charge in [0.05, 0.1) is 19.1 Å². The molecular formula is C18H19FN2O6. The molecule has 2 aromatic rings. The van der Waals surface area contributed by atoms with Gasteiger partial charge >= 0.3 is 5.69 Å². The van der Waals surface area contributed by atoms with Crippen LogP contribution in [-0.4, -0.2) is 43.6 Å². The van der Waals surface area contributed by atoms with E-state index in [4.69, 9.17) is 14.2 Å². The number of halogens is 1. The molecule has 0 saturated heterocycles. The number of nitrogens with zero attached hydrogens (tertiary/aromatic N) is 2. The number of hydrogen-bond acceptors (Lipinski definition) is 6. The molecule has 0 bridgehead atoms. The summed E-state index contributed by atoms with van der Waals surface area (Å²) in [5, 5.41) is 11.0. The summed E-state index contributed by atoms with van der Waals surface area (Å²) in [7, 11) is 4.59. The van der Waals surface area contributed by atoms with Crippen LogP contribution in [0.1, 0.15) is 5.56 Å². The molecule has 2 rings (SSSR count). The van der Waals surface area contributed by atoms with Crippen molar-refractivity contribution in [3.05, 3.63) is 57.9 Å². The average molecular weight is 378 g/mol. The number of carbonyl (C=O) groups is 1. The Labute approximate surface area is 155 Å². The number of nitro groups is 1. The number of nitro benzene ring substituents is 1. The van der Waals surface area contributed by atoms with Gasteiger partial charge in [-0.05, 0) is 23.8 Å². The zero-order chi connectivity index (χ0) is 20.0. The topological polar surface area (TPSA) is 91.1 Å².